The van der Waals surface area contributed by atoms with Crippen LogP contribution in [0.5, 0.6) is 5.75 Å². The van der Waals surface area contributed by atoms with Crippen molar-refractivity contribution in [1.82, 2.24) is 10.2 Å². The van der Waals surface area contributed by atoms with Gasteiger partial charge in [-0.05, 0) is 42.9 Å². The molecule has 2 aliphatic carbocycles. The SMILES string of the molecule is COc1cccc(C2NC3(CC3)C(=O)N2C2CC2C)c1. The second-order valence-electron chi connectivity index (χ2n) is 6.40. The first kappa shape index (κ1) is 12.2. The third-order valence-corrected chi connectivity index (χ3v) is 4.92. The molecule has 1 saturated heterocycles. The molecule has 1 aliphatic heterocycles. The lowest BCUT2D eigenvalue weighted by Crippen LogP contribution is -2.34. The predicted molar refractivity (Wildman–Crippen MR) is 75.3 cm³/mol. The quantitative estimate of drug-likeness (QED) is 0.916. The van der Waals surface area contributed by atoms with Crippen molar-refractivity contribution in [2.24, 2.45) is 5.92 Å². The Morgan fingerprint density at radius 3 is 2.75 bits per heavy atom. The van der Waals surface area contributed by atoms with E-state index in [2.05, 4.69) is 23.2 Å². The lowest BCUT2D eigenvalue weighted by molar-refractivity contribution is -0.131. The first-order valence-corrected chi connectivity index (χ1v) is 7.39. The Hall–Kier alpha value is -1.55. The van der Waals surface area contributed by atoms with E-state index in [1.807, 2.05) is 18.2 Å². The maximum atomic E-state index is 12.7. The average molecular weight is 272 g/mol. The smallest absolute Gasteiger partial charge is 0.244 e. The van der Waals surface area contributed by atoms with Crippen LogP contribution in [0, 0.1) is 5.92 Å². The van der Waals surface area contributed by atoms with Crippen LogP contribution < -0.4 is 10.1 Å². The maximum absolute atomic E-state index is 12.7. The van der Waals surface area contributed by atoms with E-state index in [0.717, 1.165) is 30.6 Å². The van der Waals surface area contributed by atoms with Crippen LogP contribution in [-0.4, -0.2) is 29.5 Å². The van der Waals surface area contributed by atoms with E-state index in [0.29, 0.717) is 17.9 Å². The molecule has 1 aromatic carbocycles. The summed E-state index contributed by atoms with van der Waals surface area (Å²) >= 11 is 0. The third kappa shape index (κ3) is 1.67. The fourth-order valence-electron chi connectivity index (χ4n) is 3.33. The van der Waals surface area contributed by atoms with Crippen LogP contribution in [0.4, 0.5) is 0 Å². The molecule has 3 atom stereocenters. The fourth-order valence-corrected chi connectivity index (χ4v) is 3.33. The number of nitrogens with one attached hydrogen (secondary N) is 1. The summed E-state index contributed by atoms with van der Waals surface area (Å²) in [5.41, 5.74) is 0.872. The molecule has 1 amide bonds. The van der Waals surface area contributed by atoms with Crippen LogP contribution in [0.25, 0.3) is 0 Å². The van der Waals surface area contributed by atoms with Crippen LogP contribution in [-0.2, 0) is 4.79 Å². The summed E-state index contributed by atoms with van der Waals surface area (Å²) in [6.45, 7) is 2.22. The zero-order chi connectivity index (χ0) is 13.9. The summed E-state index contributed by atoms with van der Waals surface area (Å²) < 4.78 is 5.31. The Morgan fingerprint density at radius 2 is 2.15 bits per heavy atom. The van der Waals surface area contributed by atoms with Crippen molar-refractivity contribution in [2.45, 2.75) is 43.9 Å². The van der Waals surface area contributed by atoms with Gasteiger partial charge in [-0.25, -0.2) is 0 Å². The second kappa shape index (κ2) is 3.98. The molecular formula is C16H20N2O2. The molecule has 1 aromatic rings. The molecule has 4 nitrogen and oxygen atoms in total. The van der Waals surface area contributed by atoms with Crippen molar-refractivity contribution < 1.29 is 9.53 Å². The summed E-state index contributed by atoms with van der Waals surface area (Å²) in [6, 6.07) is 8.46. The molecule has 106 valence electrons. The molecule has 1 N–H and O–H groups in total. The average Bonchev–Trinajstić information content (AvgIpc) is 3.35. The van der Waals surface area contributed by atoms with Gasteiger partial charge < -0.3 is 9.64 Å². The van der Waals surface area contributed by atoms with E-state index in [4.69, 9.17) is 4.74 Å². The topological polar surface area (TPSA) is 41.6 Å². The number of hydrogen-bond acceptors (Lipinski definition) is 3. The van der Waals surface area contributed by atoms with Gasteiger partial charge in [-0.15, -0.1) is 0 Å². The number of nitrogens with zero attached hydrogens (tertiary/aromatic N) is 1. The standard InChI is InChI=1S/C16H20N2O2/c1-10-8-13(10)18-14(17-16(6-7-16)15(18)19)11-4-3-5-12(9-11)20-2/h3-5,9-10,13-14,17H,6-8H2,1-2H3. The molecule has 3 aliphatic rings. The Kier molecular flexibility index (Phi) is 2.43. The van der Waals surface area contributed by atoms with E-state index >= 15 is 0 Å². The first-order valence-electron chi connectivity index (χ1n) is 7.39. The first-order chi connectivity index (χ1) is 9.64. The zero-order valence-corrected chi connectivity index (χ0v) is 11.9. The van der Waals surface area contributed by atoms with Crippen LogP contribution in [0.2, 0.25) is 0 Å². The van der Waals surface area contributed by atoms with Crippen molar-refractivity contribution >= 4 is 5.91 Å². The van der Waals surface area contributed by atoms with Gasteiger partial charge in [0.25, 0.3) is 0 Å². The van der Waals surface area contributed by atoms with Gasteiger partial charge in [0.2, 0.25) is 5.91 Å². The summed E-state index contributed by atoms with van der Waals surface area (Å²) in [7, 11) is 1.68. The highest BCUT2D eigenvalue weighted by Gasteiger charge is 2.62. The summed E-state index contributed by atoms with van der Waals surface area (Å²) in [5.74, 6) is 1.78. The highest BCUT2D eigenvalue weighted by atomic mass is 16.5. The largest absolute Gasteiger partial charge is 0.497 e. The van der Waals surface area contributed by atoms with E-state index in [1.54, 1.807) is 7.11 Å². The number of benzene rings is 1. The number of rotatable bonds is 3. The minimum Gasteiger partial charge on any atom is -0.497 e. The van der Waals surface area contributed by atoms with E-state index in [1.165, 1.54) is 0 Å². The van der Waals surface area contributed by atoms with Gasteiger partial charge in [0.15, 0.2) is 0 Å². The molecule has 1 spiro atoms. The maximum Gasteiger partial charge on any atom is 0.244 e. The minimum absolute atomic E-state index is 0.00931. The van der Waals surface area contributed by atoms with Crippen LogP contribution in [0.15, 0.2) is 24.3 Å². The summed E-state index contributed by atoms with van der Waals surface area (Å²) in [5, 5.41) is 3.57. The molecule has 0 radical (unpaired) electrons. The Labute approximate surface area is 119 Å². The van der Waals surface area contributed by atoms with Gasteiger partial charge >= 0.3 is 0 Å². The molecule has 4 rings (SSSR count). The van der Waals surface area contributed by atoms with Crippen molar-refractivity contribution in [3.05, 3.63) is 29.8 Å². The number of carbonyl (C=O) groups excluding carboxylic acids is 1. The van der Waals surface area contributed by atoms with Crippen LogP contribution in [0.1, 0.15) is 37.9 Å². The molecule has 0 bridgehead atoms. The molecule has 3 fully saturated rings. The van der Waals surface area contributed by atoms with Crippen molar-refractivity contribution in [3.8, 4) is 5.75 Å². The van der Waals surface area contributed by atoms with Crippen molar-refractivity contribution in [2.75, 3.05) is 7.11 Å². The number of amides is 1. The van der Waals surface area contributed by atoms with Crippen LogP contribution in [0.3, 0.4) is 0 Å². The number of hydrogen-bond donors (Lipinski definition) is 1. The zero-order valence-electron chi connectivity index (χ0n) is 11.9. The second-order valence-corrected chi connectivity index (χ2v) is 6.40. The Balaban J connectivity index is 1.69. The van der Waals surface area contributed by atoms with Crippen molar-refractivity contribution in [1.29, 1.82) is 0 Å². The normalized spacial score (nSPS) is 33.6. The third-order valence-electron chi connectivity index (χ3n) is 4.92. The fraction of sp³-hybridized carbons (Fsp3) is 0.562. The highest BCUT2D eigenvalue weighted by molar-refractivity contribution is 5.92. The molecule has 4 heteroatoms. The lowest BCUT2D eigenvalue weighted by atomic mass is 10.1. The molecule has 20 heavy (non-hydrogen) atoms. The lowest BCUT2D eigenvalue weighted by Gasteiger charge is -2.25. The Morgan fingerprint density at radius 1 is 1.40 bits per heavy atom. The molecular weight excluding hydrogens is 252 g/mol. The predicted octanol–water partition coefficient (Wildman–Crippen LogP) is 2.07. The van der Waals surface area contributed by atoms with Crippen LogP contribution >= 0.6 is 0 Å². The van der Waals surface area contributed by atoms with Gasteiger partial charge in [-0.3, -0.25) is 10.1 Å². The number of ether oxygens (including phenoxy) is 1. The van der Waals surface area contributed by atoms with Gasteiger partial charge in [0, 0.05) is 6.04 Å². The molecule has 1 heterocycles. The number of carbonyl (C=O) groups is 1. The number of methoxy groups -OCH3 is 1. The minimum atomic E-state index is -0.254. The molecule has 0 aromatic heterocycles. The van der Waals surface area contributed by atoms with Gasteiger partial charge in [0.1, 0.15) is 17.5 Å². The molecule has 2 saturated carbocycles. The molecule has 3 unspecified atom stereocenters. The van der Waals surface area contributed by atoms with E-state index < -0.39 is 0 Å². The van der Waals surface area contributed by atoms with Gasteiger partial charge in [-0.2, -0.15) is 0 Å². The summed E-state index contributed by atoms with van der Waals surface area (Å²) in [6.07, 6.45) is 3.09. The van der Waals surface area contributed by atoms with E-state index in [9.17, 15) is 4.79 Å². The summed E-state index contributed by atoms with van der Waals surface area (Å²) in [4.78, 5) is 14.8. The Bertz CT molecular complexity index is 567. The van der Waals surface area contributed by atoms with E-state index in [-0.39, 0.29) is 11.7 Å². The van der Waals surface area contributed by atoms with Gasteiger partial charge in [-0.1, -0.05) is 19.1 Å². The monoisotopic (exact) mass is 272 g/mol. The highest BCUT2D eigenvalue weighted by Crippen LogP contribution is 2.51. The van der Waals surface area contributed by atoms with Crippen molar-refractivity contribution in [3.63, 3.8) is 0 Å². The van der Waals surface area contributed by atoms with Gasteiger partial charge in [0.05, 0.1) is 7.11 Å².